The third-order valence-electron chi connectivity index (χ3n) is 3.52. The van der Waals surface area contributed by atoms with Gasteiger partial charge in [0.2, 0.25) is 10.0 Å². The average Bonchev–Trinajstić information content (AvgIpc) is 2.33. The van der Waals surface area contributed by atoms with E-state index < -0.39 is 10.0 Å². The fourth-order valence-corrected chi connectivity index (χ4v) is 4.41. The highest BCUT2D eigenvalue weighted by Crippen LogP contribution is 2.20. The van der Waals surface area contributed by atoms with Gasteiger partial charge < -0.3 is 4.90 Å². The Hall–Kier alpha value is -0.430. The summed E-state index contributed by atoms with van der Waals surface area (Å²) in [6.07, 6.45) is 0.852. The molecule has 0 spiro atoms. The van der Waals surface area contributed by atoms with Crippen molar-refractivity contribution >= 4 is 26.0 Å². The summed E-state index contributed by atoms with van der Waals surface area (Å²) in [7, 11) is -1.37. The third-order valence-corrected chi connectivity index (χ3v) is 5.50. The number of halogens is 1. The van der Waals surface area contributed by atoms with Crippen LogP contribution in [0.2, 0.25) is 0 Å². The van der Waals surface area contributed by atoms with Gasteiger partial charge in [-0.1, -0.05) is 28.9 Å². The van der Waals surface area contributed by atoms with Crippen molar-refractivity contribution in [2.45, 2.75) is 24.3 Å². The summed E-state index contributed by atoms with van der Waals surface area (Å²) in [5.74, 6) is 0.320. The topological polar surface area (TPSA) is 49.4 Å². The smallest absolute Gasteiger partial charge is 0.240 e. The second-order valence-electron chi connectivity index (χ2n) is 5.21. The molecular weight excluding hydrogens is 328 g/mol. The Morgan fingerprint density at radius 3 is 2.79 bits per heavy atom. The van der Waals surface area contributed by atoms with E-state index in [0.29, 0.717) is 10.8 Å². The van der Waals surface area contributed by atoms with E-state index in [0.717, 1.165) is 24.0 Å². The van der Waals surface area contributed by atoms with Crippen LogP contribution in [0.15, 0.2) is 33.6 Å². The Kier molecular flexibility index (Phi) is 4.66. The normalized spacial score (nSPS) is 25.4. The summed E-state index contributed by atoms with van der Waals surface area (Å²) in [5, 5.41) is 0. The summed E-state index contributed by atoms with van der Waals surface area (Å²) in [6, 6.07) is 6.81. The van der Waals surface area contributed by atoms with Crippen LogP contribution in [-0.2, 0) is 10.0 Å². The average molecular weight is 347 g/mol. The van der Waals surface area contributed by atoms with Crippen LogP contribution in [0.5, 0.6) is 0 Å². The Balaban J connectivity index is 2.13. The van der Waals surface area contributed by atoms with Crippen LogP contribution in [0, 0.1) is 5.92 Å². The molecule has 1 aliphatic rings. The van der Waals surface area contributed by atoms with E-state index in [1.54, 1.807) is 18.2 Å². The molecule has 1 aliphatic heterocycles. The number of hydrogen-bond donors (Lipinski definition) is 1. The van der Waals surface area contributed by atoms with Gasteiger partial charge in [0.05, 0.1) is 4.90 Å². The van der Waals surface area contributed by atoms with Crippen LogP contribution in [0.4, 0.5) is 0 Å². The maximum absolute atomic E-state index is 12.3. The molecule has 2 atom stereocenters. The SMILES string of the molecule is CC1CN(C)CCC1NS(=O)(=O)c1cccc(Br)c1. The van der Waals surface area contributed by atoms with Gasteiger partial charge in [0.1, 0.15) is 0 Å². The highest BCUT2D eigenvalue weighted by molar-refractivity contribution is 9.10. The summed E-state index contributed by atoms with van der Waals surface area (Å²) >= 11 is 3.30. The maximum Gasteiger partial charge on any atom is 0.240 e. The van der Waals surface area contributed by atoms with Crippen molar-refractivity contribution in [2.24, 2.45) is 5.92 Å². The Morgan fingerprint density at radius 2 is 2.16 bits per heavy atom. The molecule has 4 nitrogen and oxygen atoms in total. The zero-order valence-corrected chi connectivity index (χ0v) is 13.5. The number of nitrogens with one attached hydrogen (secondary N) is 1. The molecule has 19 heavy (non-hydrogen) atoms. The Bertz CT molecular complexity index is 547. The quantitative estimate of drug-likeness (QED) is 0.911. The minimum atomic E-state index is -3.43. The molecule has 1 aromatic carbocycles. The summed E-state index contributed by atoms with van der Waals surface area (Å²) in [4.78, 5) is 2.54. The largest absolute Gasteiger partial charge is 0.306 e. The first-order chi connectivity index (χ1) is 8.88. The maximum atomic E-state index is 12.3. The molecule has 0 aliphatic carbocycles. The van der Waals surface area contributed by atoms with Gasteiger partial charge in [0.15, 0.2) is 0 Å². The van der Waals surface area contributed by atoms with Crippen molar-refractivity contribution in [1.29, 1.82) is 0 Å². The second kappa shape index (κ2) is 5.91. The van der Waals surface area contributed by atoms with E-state index in [4.69, 9.17) is 0 Å². The highest BCUT2D eigenvalue weighted by atomic mass is 79.9. The van der Waals surface area contributed by atoms with Gasteiger partial charge in [-0.3, -0.25) is 0 Å². The lowest BCUT2D eigenvalue weighted by Crippen LogP contribution is -2.48. The molecule has 6 heteroatoms. The Morgan fingerprint density at radius 1 is 1.42 bits per heavy atom. The zero-order valence-electron chi connectivity index (χ0n) is 11.1. The molecule has 1 heterocycles. The Labute approximate surface area is 123 Å². The standard InChI is InChI=1S/C13H19BrN2O2S/c1-10-9-16(2)7-6-13(10)15-19(17,18)12-5-3-4-11(14)8-12/h3-5,8,10,13,15H,6-7,9H2,1-2H3. The predicted molar refractivity (Wildman–Crippen MR) is 79.5 cm³/mol. The fourth-order valence-electron chi connectivity index (χ4n) is 2.43. The molecule has 2 unspecified atom stereocenters. The van der Waals surface area contributed by atoms with Crippen molar-refractivity contribution in [3.05, 3.63) is 28.7 Å². The van der Waals surface area contributed by atoms with Crippen LogP contribution < -0.4 is 4.72 Å². The first-order valence-electron chi connectivity index (χ1n) is 6.35. The first-order valence-corrected chi connectivity index (χ1v) is 8.62. The highest BCUT2D eigenvalue weighted by Gasteiger charge is 2.28. The molecule has 1 N–H and O–H groups in total. The molecule has 0 saturated carbocycles. The van der Waals surface area contributed by atoms with Crippen molar-refractivity contribution in [2.75, 3.05) is 20.1 Å². The van der Waals surface area contributed by atoms with Gasteiger partial charge in [0, 0.05) is 17.1 Å². The molecular formula is C13H19BrN2O2S. The predicted octanol–water partition coefficient (Wildman–Crippen LogP) is 2.07. The van der Waals surface area contributed by atoms with E-state index in [9.17, 15) is 8.42 Å². The molecule has 106 valence electrons. The van der Waals surface area contributed by atoms with Gasteiger partial charge in [-0.2, -0.15) is 0 Å². The minimum absolute atomic E-state index is 0.0141. The van der Waals surface area contributed by atoms with Crippen LogP contribution in [-0.4, -0.2) is 39.5 Å². The molecule has 0 amide bonds. The fraction of sp³-hybridized carbons (Fsp3) is 0.538. The van der Waals surface area contributed by atoms with E-state index in [-0.39, 0.29) is 6.04 Å². The number of sulfonamides is 1. The van der Waals surface area contributed by atoms with Crippen LogP contribution in [0.1, 0.15) is 13.3 Å². The van der Waals surface area contributed by atoms with Crippen LogP contribution >= 0.6 is 15.9 Å². The monoisotopic (exact) mass is 346 g/mol. The molecule has 2 rings (SSSR count). The lowest BCUT2D eigenvalue weighted by atomic mass is 9.95. The second-order valence-corrected chi connectivity index (χ2v) is 7.84. The molecule has 1 fully saturated rings. The zero-order chi connectivity index (χ0) is 14.0. The van der Waals surface area contributed by atoms with Crippen LogP contribution in [0.25, 0.3) is 0 Å². The van der Waals surface area contributed by atoms with Crippen LogP contribution in [0.3, 0.4) is 0 Å². The van der Waals surface area contributed by atoms with Gasteiger partial charge in [-0.05, 0) is 44.1 Å². The summed E-state index contributed by atoms with van der Waals surface area (Å²) < 4.78 is 28.3. The minimum Gasteiger partial charge on any atom is -0.306 e. The number of hydrogen-bond acceptors (Lipinski definition) is 3. The van der Waals surface area contributed by atoms with Gasteiger partial charge >= 0.3 is 0 Å². The number of rotatable bonds is 3. The number of nitrogens with zero attached hydrogens (tertiary/aromatic N) is 1. The molecule has 1 saturated heterocycles. The number of benzene rings is 1. The van der Waals surface area contributed by atoms with E-state index in [2.05, 4.69) is 39.5 Å². The van der Waals surface area contributed by atoms with Crippen molar-refractivity contribution in [1.82, 2.24) is 9.62 Å². The van der Waals surface area contributed by atoms with E-state index in [1.165, 1.54) is 0 Å². The molecule has 0 radical (unpaired) electrons. The van der Waals surface area contributed by atoms with Crippen molar-refractivity contribution in [3.8, 4) is 0 Å². The third kappa shape index (κ3) is 3.78. The van der Waals surface area contributed by atoms with E-state index >= 15 is 0 Å². The van der Waals surface area contributed by atoms with Crippen molar-refractivity contribution < 1.29 is 8.42 Å². The lowest BCUT2D eigenvalue weighted by Gasteiger charge is -2.34. The van der Waals surface area contributed by atoms with Gasteiger partial charge in [-0.15, -0.1) is 0 Å². The lowest BCUT2D eigenvalue weighted by molar-refractivity contribution is 0.188. The van der Waals surface area contributed by atoms with E-state index in [1.807, 2.05) is 6.07 Å². The summed E-state index contributed by atoms with van der Waals surface area (Å²) in [6.45, 7) is 3.94. The molecule has 0 aromatic heterocycles. The van der Waals surface area contributed by atoms with Gasteiger partial charge in [-0.25, -0.2) is 13.1 Å². The van der Waals surface area contributed by atoms with Gasteiger partial charge in [0.25, 0.3) is 0 Å². The number of likely N-dealkylation sites (tertiary alicyclic amines) is 1. The first kappa shape index (κ1) is 15.0. The molecule has 0 bridgehead atoms. The molecule has 1 aromatic rings. The summed E-state index contributed by atoms with van der Waals surface area (Å²) in [5.41, 5.74) is 0. The number of piperidine rings is 1. The van der Waals surface area contributed by atoms with Crippen molar-refractivity contribution in [3.63, 3.8) is 0 Å².